The molecule has 0 saturated carbocycles. The summed E-state index contributed by atoms with van der Waals surface area (Å²) in [4.78, 5) is 39.8. The van der Waals surface area contributed by atoms with Crippen LogP contribution in [0.3, 0.4) is 0 Å². The van der Waals surface area contributed by atoms with Gasteiger partial charge in [-0.3, -0.25) is 14.4 Å². The van der Waals surface area contributed by atoms with Gasteiger partial charge in [-0.1, -0.05) is 36.4 Å². The summed E-state index contributed by atoms with van der Waals surface area (Å²) in [6, 6.07) is 14.6. The van der Waals surface area contributed by atoms with E-state index in [0.717, 1.165) is 11.1 Å². The van der Waals surface area contributed by atoms with Crippen LogP contribution in [0.2, 0.25) is 0 Å². The molecule has 0 saturated heterocycles. The van der Waals surface area contributed by atoms with Gasteiger partial charge in [0.15, 0.2) is 0 Å². The lowest BCUT2D eigenvalue weighted by Gasteiger charge is -2.19. The molecule has 0 atom stereocenters. The number of nitrogens with one attached hydrogen (secondary N) is 1. The van der Waals surface area contributed by atoms with E-state index in [0.29, 0.717) is 24.2 Å². The van der Waals surface area contributed by atoms with Gasteiger partial charge in [-0.2, -0.15) is 0 Å². The average molecular weight is 421 g/mol. The zero-order valence-corrected chi connectivity index (χ0v) is 18.1. The number of aromatic nitrogens is 1. The number of hydrogen-bond donors (Lipinski definition) is 1. The first kappa shape index (κ1) is 22.1. The van der Waals surface area contributed by atoms with E-state index in [9.17, 15) is 14.4 Å². The first-order chi connectivity index (χ1) is 15.0. The van der Waals surface area contributed by atoms with E-state index in [1.807, 2.05) is 50.2 Å². The zero-order chi connectivity index (χ0) is 22.4. The highest BCUT2D eigenvalue weighted by atomic mass is 16.5. The van der Waals surface area contributed by atoms with Crippen molar-refractivity contribution in [1.82, 2.24) is 14.8 Å². The van der Waals surface area contributed by atoms with Gasteiger partial charge in [0.1, 0.15) is 12.3 Å². The van der Waals surface area contributed by atoms with Crippen LogP contribution >= 0.6 is 0 Å². The number of hydrogen-bond acceptors (Lipinski definition) is 4. The maximum atomic E-state index is 12.9. The molecule has 3 rings (SSSR count). The van der Waals surface area contributed by atoms with Crippen LogP contribution in [0.4, 0.5) is 0 Å². The molecule has 0 spiro atoms. The number of methoxy groups -OCH3 is 1. The van der Waals surface area contributed by atoms with E-state index < -0.39 is 11.7 Å². The number of likely N-dealkylation sites (N-methyl/N-ethyl adjacent to an activating group) is 1. The van der Waals surface area contributed by atoms with E-state index in [2.05, 4.69) is 5.32 Å². The Balaban J connectivity index is 1.82. The molecular weight excluding hydrogens is 394 g/mol. The Morgan fingerprint density at radius 3 is 2.39 bits per heavy atom. The van der Waals surface area contributed by atoms with Gasteiger partial charge in [-0.25, -0.2) is 0 Å². The quantitative estimate of drug-likeness (QED) is 0.425. The van der Waals surface area contributed by atoms with Crippen LogP contribution < -0.4 is 10.1 Å². The second kappa shape index (κ2) is 9.93. The van der Waals surface area contributed by atoms with Gasteiger partial charge < -0.3 is 19.5 Å². The predicted octanol–water partition coefficient (Wildman–Crippen LogP) is 3.02. The summed E-state index contributed by atoms with van der Waals surface area (Å²) in [6.07, 6.45) is 1.59. The number of amides is 2. The highest BCUT2D eigenvalue weighted by Gasteiger charge is 2.23. The Morgan fingerprint density at radius 1 is 1.00 bits per heavy atom. The Labute approximate surface area is 181 Å². The van der Waals surface area contributed by atoms with Crippen LogP contribution in [0.5, 0.6) is 5.75 Å². The molecule has 0 aliphatic carbocycles. The fourth-order valence-electron chi connectivity index (χ4n) is 3.61. The number of rotatable bonds is 9. The van der Waals surface area contributed by atoms with Gasteiger partial charge in [-0.05, 0) is 26.0 Å². The normalized spacial score (nSPS) is 10.7. The number of carbonyl (C=O) groups excluding carboxylic acids is 3. The molecule has 7 nitrogen and oxygen atoms in total. The minimum atomic E-state index is -0.705. The number of ketones is 1. The molecule has 1 N–H and O–H groups in total. The second-order valence-corrected chi connectivity index (χ2v) is 7.08. The van der Waals surface area contributed by atoms with Crippen LogP contribution in [-0.4, -0.2) is 47.3 Å². The SMILES string of the molecule is CCN(CC)C(=O)Cn1cc(C(=O)C(=O)NCc2ccccc2OC)c2ccccc21. The smallest absolute Gasteiger partial charge is 0.292 e. The molecule has 2 amide bonds. The summed E-state index contributed by atoms with van der Waals surface area (Å²) in [7, 11) is 1.56. The van der Waals surface area contributed by atoms with Gasteiger partial charge in [0.2, 0.25) is 5.91 Å². The van der Waals surface area contributed by atoms with Crippen molar-refractivity contribution < 1.29 is 19.1 Å². The molecule has 1 heterocycles. The average Bonchev–Trinajstić information content (AvgIpc) is 3.16. The molecule has 0 aliphatic heterocycles. The molecule has 2 aromatic carbocycles. The highest BCUT2D eigenvalue weighted by Crippen LogP contribution is 2.22. The molecule has 0 bridgehead atoms. The van der Waals surface area contributed by atoms with Gasteiger partial charge >= 0.3 is 0 Å². The molecule has 0 unspecified atom stereocenters. The van der Waals surface area contributed by atoms with E-state index in [1.54, 1.807) is 34.9 Å². The first-order valence-electron chi connectivity index (χ1n) is 10.3. The van der Waals surface area contributed by atoms with Crippen LogP contribution in [0.25, 0.3) is 10.9 Å². The summed E-state index contributed by atoms with van der Waals surface area (Å²) in [5, 5.41) is 3.32. The number of Topliss-reactive ketones (excluding diaryl/α,β-unsaturated/α-hetero) is 1. The summed E-state index contributed by atoms with van der Waals surface area (Å²) in [5.41, 5.74) is 1.79. The van der Waals surface area contributed by atoms with Gasteiger partial charge in [0, 0.05) is 42.3 Å². The number of ether oxygens (including phenoxy) is 1. The lowest BCUT2D eigenvalue weighted by molar-refractivity contribution is -0.131. The van der Waals surface area contributed by atoms with Crippen LogP contribution in [0.15, 0.2) is 54.7 Å². The monoisotopic (exact) mass is 421 g/mol. The Kier molecular flexibility index (Phi) is 7.07. The highest BCUT2D eigenvalue weighted by molar-refractivity contribution is 6.45. The minimum Gasteiger partial charge on any atom is -0.496 e. The van der Waals surface area contributed by atoms with E-state index in [-0.39, 0.29) is 24.6 Å². The fraction of sp³-hybridized carbons (Fsp3) is 0.292. The number of nitrogens with zero attached hydrogens (tertiary/aromatic N) is 2. The van der Waals surface area contributed by atoms with Crippen molar-refractivity contribution in [3.8, 4) is 5.75 Å². The van der Waals surface area contributed by atoms with Gasteiger partial charge in [-0.15, -0.1) is 0 Å². The van der Waals surface area contributed by atoms with Crippen LogP contribution in [-0.2, 0) is 22.7 Å². The molecule has 1 aromatic heterocycles. The minimum absolute atomic E-state index is 0.0367. The number of carbonyl (C=O) groups is 3. The zero-order valence-electron chi connectivity index (χ0n) is 18.1. The standard InChI is InChI=1S/C24H27N3O4/c1-4-26(5-2)22(28)16-27-15-19(18-11-7-8-12-20(18)27)23(29)24(30)25-14-17-10-6-9-13-21(17)31-3/h6-13,15H,4-5,14,16H2,1-3H3,(H,25,30). The molecule has 162 valence electrons. The van der Waals surface area contributed by atoms with Crippen molar-refractivity contribution >= 4 is 28.5 Å². The van der Waals surface area contributed by atoms with Gasteiger partial charge in [0.25, 0.3) is 11.7 Å². The fourth-order valence-corrected chi connectivity index (χ4v) is 3.61. The summed E-state index contributed by atoms with van der Waals surface area (Å²) in [5.74, 6) is -0.740. The Hall–Kier alpha value is -3.61. The largest absolute Gasteiger partial charge is 0.496 e. The lowest BCUT2D eigenvalue weighted by Crippen LogP contribution is -2.33. The Bertz CT molecular complexity index is 1100. The van der Waals surface area contributed by atoms with Crippen LogP contribution in [0, 0.1) is 0 Å². The maximum absolute atomic E-state index is 12.9. The first-order valence-corrected chi connectivity index (χ1v) is 10.3. The molecule has 31 heavy (non-hydrogen) atoms. The van der Waals surface area contributed by atoms with Gasteiger partial charge in [0.05, 0.1) is 12.7 Å². The third-order valence-corrected chi connectivity index (χ3v) is 5.29. The van der Waals surface area contributed by atoms with Crippen molar-refractivity contribution in [1.29, 1.82) is 0 Å². The van der Waals surface area contributed by atoms with Crippen molar-refractivity contribution in [2.45, 2.75) is 26.9 Å². The van der Waals surface area contributed by atoms with E-state index >= 15 is 0 Å². The molecule has 0 aliphatic rings. The molecule has 7 heteroatoms. The predicted molar refractivity (Wildman–Crippen MR) is 119 cm³/mol. The third-order valence-electron chi connectivity index (χ3n) is 5.29. The Morgan fingerprint density at radius 2 is 1.68 bits per heavy atom. The number of fused-ring (bicyclic) bond motifs is 1. The maximum Gasteiger partial charge on any atom is 0.292 e. The number of para-hydroxylation sites is 2. The van der Waals surface area contributed by atoms with E-state index in [1.165, 1.54) is 0 Å². The summed E-state index contributed by atoms with van der Waals surface area (Å²) >= 11 is 0. The molecule has 3 aromatic rings. The van der Waals surface area contributed by atoms with Crippen molar-refractivity contribution in [2.24, 2.45) is 0 Å². The molecule has 0 fully saturated rings. The molecular formula is C24H27N3O4. The topological polar surface area (TPSA) is 80.6 Å². The van der Waals surface area contributed by atoms with Crippen LogP contribution in [0.1, 0.15) is 29.8 Å². The van der Waals surface area contributed by atoms with Crippen molar-refractivity contribution in [3.63, 3.8) is 0 Å². The number of benzene rings is 2. The van der Waals surface area contributed by atoms with E-state index in [4.69, 9.17) is 4.74 Å². The summed E-state index contributed by atoms with van der Waals surface area (Å²) in [6.45, 7) is 5.37. The van der Waals surface area contributed by atoms with Crippen molar-refractivity contribution in [3.05, 3.63) is 65.9 Å². The molecule has 0 radical (unpaired) electrons. The third kappa shape index (κ3) is 4.77. The summed E-state index contributed by atoms with van der Waals surface area (Å²) < 4.78 is 7.02. The second-order valence-electron chi connectivity index (χ2n) is 7.08. The van der Waals surface area contributed by atoms with Crippen molar-refractivity contribution in [2.75, 3.05) is 20.2 Å². The lowest BCUT2D eigenvalue weighted by atomic mass is 10.1.